The van der Waals surface area contributed by atoms with E-state index in [1.165, 1.54) is 4.68 Å². The van der Waals surface area contributed by atoms with Crippen LogP contribution in [-0.4, -0.2) is 11.6 Å². The first-order valence-electron chi connectivity index (χ1n) is 3.97. The van der Waals surface area contributed by atoms with E-state index in [0.29, 0.717) is 12.0 Å². The van der Waals surface area contributed by atoms with Crippen molar-refractivity contribution in [1.29, 1.82) is 0 Å². The summed E-state index contributed by atoms with van der Waals surface area (Å²) in [6, 6.07) is 8.92. The summed E-state index contributed by atoms with van der Waals surface area (Å²) >= 11 is 0. The number of hydrogen-bond acceptors (Lipinski definition) is 3. The van der Waals surface area contributed by atoms with Crippen LogP contribution in [0, 0.1) is 0 Å². The molecule has 1 aromatic carbocycles. The van der Waals surface area contributed by atoms with E-state index in [4.69, 9.17) is 0 Å². The Morgan fingerprint density at radius 1 is 1.29 bits per heavy atom. The van der Waals surface area contributed by atoms with Gasteiger partial charge < -0.3 is 0 Å². The first-order chi connectivity index (χ1) is 6.83. The Kier molecular flexibility index (Phi) is 1.98. The molecule has 2 aromatic rings. The number of nitrogens with one attached hydrogen (secondary N) is 1. The molecule has 0 unspecified atom stereocenters. The van der Waals surface area contributed by atoms with E-state index in [-0.39, 0.29) is 5.69 Å². The second kappa shape index (κ2) is 3.29. The monoisotopic (exact) mass is 191 g/mol. The normalized spacial score (nSPS) is 10.0. The third-order valence-corrected chi connectivity index (χ3v) is 1.81. The molecule has 0 spiro atoms. The number of rotatable bonds is 2. The molecule has 0 saturated heterocycles. The maximum atomic E-state index is 11.0. The fourth-order valence-electron chi connectivity index (χ4n) is 1.15. The van der Waals surface area contributed by atoms with Gasteiger partial charge in [-0.05, 0) is 9.95 Å². The second-order valence-corrected chi connectivity index (χ2v) is 2.65. The Balaban J connectivity index is 2.63. The van der Waals surface area contributed by atoms with Gasteiger partial charge in [-0.15, -0.1) is 0 Å². The number of nitrogens with zero attached hydrogens (tertiary/aromatic N) is 1. The first-order valence-corrected chi connectivity index (χ1v) is 3.97. The van der Waals surface area contributed by atoms with Crippen LogP contribution in [-0.2, 0) is 0 Å². The van der Waals surface area contributed by atoms with Crippen molar-refractivity contribution < 1.29 is 14.0 Å². The van der Waals surface area contributed by atoms with Gasteiger partial charge in [-0.3, -0.25) is 9.32 Å². The lowest BCUT2D eigenvalue weighted by Gasteiger charge is -1.87. The molecule has 0 aliphatic heterocycles. The summed E-state index contributed by atoms with van der Waals surface area (Å²) in [5.74, 6) is 0. The average Bonchev–Trinajstić information content (AvgIpc) is 2.61. The van der Waals surface area contributed by atoms with E-state index in [9.17, 15) is 9.59 Å². The highest BCUT2D eigenvalue weighted by atomic mass is 16.5. The van der Waals surface area contributed by atoms with Crippen LogP contribution in [0.25, 0.3) is 5.69 Å². The zero-order chi connectivity index (χ0) is 9.97. The molecule has 0 amide bonds. The molecule has 1 N–H and O–H groups in total. The fourth-order valence-corrected chi connectivity index (χ4v) is 1.15. The van der Waals surface area contributed by atoms with Crippen LogP contribution < -0.4 is 10.3 Å². The second-order valence-electron chi connectivity index (χ2n) is 2.65. The van der Waals surface area contributed by atoms with Crippen LogP contribution in [0.15, 0.2) is 39.6 Å². The molecule has 1 heterocycles. The summed E-state index contributed by atoms with van der Waals surface area (Å²) in [6.45, 7) is 0. The third kappa shape index (κ3) is 1.24. The van der Waals surface area contributed by atoms with E-state index < -0.39 is 5.63 Å². The lowest BCUT2D eigenvalue weighted by molar-refractivity contribution is -0.671. The zero-order valence-corrected chi connectivity index (χ0v) is 7.14. The Labute approximate surface area is 78.5 Å². The van der Waals surface area contributed by atoms with Crippen LogP contribution in [0.3, 0.4) is 0 Å². The van der Waals surface area contributed by atoms with E-state index in [1.807, 2.05) is 6.07 Å². The maximum Gasteiger partial charge on any atom is 0.438 e. The van der Waals surface area contributed by atoms with E-state index in [1.54, 1.807) is 24.3 Å². The van der Waals surface area contributed by atoms with Crippen LogP contribution in [0.2, 0.25) is 0 Å². The summed E-state index contributed by atoms with van der Waals surface area (Å²) in [5, 5.41) is 2.34. The number of benzene rings is 1. The third-order valence-electron chi connectivity index (χ3n) is 1.81. The van der Waals surface area contributed by atoms with Crippen molar-refractivity contribution in [2.75, 3.05) is 0 Å². The van der Waals surface area contributed by atoms with Crippen LogP contribution in [0.1, 0.15) is 10.5 Å². The summed E-state index contributed by atoms with van der Waals surface area (Å²) in [7, 11) is 0. The van der Waals surface area contributed by atoms with Gasteiger partial charge in [0, 0.05) is 12.1 Å². The van der Waals surface area contributed by atoms with Crippen LogP contribution in [0.5, 0.6) is 0 Å². The van der Waals surface area contributed by atoms with Crippen molar-refractivity contribution in [3.8, 4) is 5.69 Å². The SMILES string of the molecule is O=Cc1c(=O)o[nH][n+]1-c1ccccc1. The number of carbonyl (C=O) groups is 1. The Bertz CT molecular complexity index is 498. The van der Waals surface area contributed by atoms with Crippen molar-refractivity contribution in [2.24, 2.45) is 0 Å². The minimum absolute atomic E-state index is 0.0591. The molecule has 14 heavy (non-hydrogen) atoms. The van der Waals surface area contributed by atoms with Crippen molar-refractivity contribution in [1.82, 2.24) is 5.27 Å². The molecule has 0 atom stereocenters. The van der Waals surface area contributed by atoms with Crippen molar-refractivity contribution in [2.45, 2.75) is 0 Å². The van der Waals surface area contributed by atoms with Gasteiger partial charge in [0.05, 0.1) is 0 Å². The van der Waals surface area contributed by atoms with Crippen molar-refractivity contribution in [3.63, 3.8) is 0 Å². The summed E-state index contributed by atoms with van der Waals surface area (Å²) < 4.78 is 5.78. The fraction of sp³-hybridized carbons (Fsp3) is 0. The first kappa shape index (κ1) is 8.43. The van der Waals surface area contributed by atoms with Gasteiger partial charge in [-0.25, -0.2) is 4.79 Å². The van der Waals surface area contributed by atoms with Gasteiger partial charge in [0.25, 0.3) is 0 Å². The lowest BCUT2D eigenvalue weighted by atomic mass is 10.3. The number of H-pyrrole nitrogens is 1. The smallest absolute Gasteiger partial charge is 0.291 e. The van der Waals surface area contributed by atoms with Gasteiger partial charge in [-0.1, -0.05) is 18.2 Å². The number of aromatic amines is 1. The maximum absolute atomic E-state index is 11.0. The highest BCUT2D eigenvalue weighted by Gasteiger charge is 2.21. The molecule has 1 aromatic heterocycles. The molecule has 0 aliphatic rings. The lowest BCUT2D eigenvalue weighted by Crippen LogP contribution is -2.38. The summed E-state index contributed by atoms with van der Waals surface area (Å²) in [6.07, 6.45) is 0.454. The number of hydrogen-bond donors (Lipinski definition) is 1. The minimum Gasteiger partial charge on any atom is -0.291 e. The van der Waals surface area contributed by atoms with E-state index >= 15 is 0 Å². The summed E-state index contributed by atoms with van der Waals surface area (Å²) in [4.78, 5) is 21.6. The molecule has 2 rings (SSSR count). The number of para-hydroxylation sites is 1. The Morgan fingerprint density at radius 3 is 2.64 bits per heavy atom. The predicted octanol–water partition coefficient (Wildman–Crippen LogP) is 0.0571. The van der Waals surface area contributed by atoms with Crippen molar-refractivity contribution >= 4 is 6.29 Å². The van der Waals surface area contributed by atoms with E-state index in [2.05, 4.69) is 9.79 Å². The molecule has 0 fully saturated rings. The largest absolute Gasteiger partial charge is 0.438 e. The molecular weight excluding hydrogens is 184 g/mol. The topological polar surface area (TPSA) is 67.0 Å². The Morgan fingerprint density at radius 2 is 2.00 bits per heavy atom. The van der Waals surface area contributed by atoms with Gasteiger partial charge in [0.15, 0.2) is 0 Å². The summed E-state index contributed by atoms with van der Waals surface area (Å²) in [5.41, 5.74) is -0.0690. The van der Waals surface area contributed by atoms with Crippen LogP contribution in [0.4, 0.5) is 0 Å². The molecule has 0 aliphatic carbocycles. The number of carbonyl (C=O) groups excluding carboxylic acids is 1. The number of aldehydes is 1. The highest BCUT2D eigenvalue weighted by Crippen LogP contribution is 1.96. The molecule has 70 valence electrons. The standard InChI is InChI=1S/C9H6N2O3/c12-6-8-9(13)14-10-11(8)7-4-2-1-3-5-7/h1-6H/p+1. The van der Waals surface area contributed by atoms with Gasteiger partial charge >= 0.3 is 11.3 Å². The zero-order valence-electron chi connectivity index (χ0n) is 7.14. The van der Waals surface area contributed by atoms with Crippen LogP contribution >= 0.6 is 0 Å². The molecule has 5 nitrogen and oxygen atoms in total. The van der Waals surface area contributed by atoms with E-state index in [0.717, 1.165) is 0 Å². The number of aromatic nitrogens is 2. The van der Waals surface area contributed by atoms with Gasteiger partial charge in [0.2, 0.25) is 12.0 Å². The minimum atomic E-state index is -0.677. The van der Waals surface area contributed by atoms with Gasteiger partial charge in [0.1, 0.15) is 0 Å². The molecule has 5 heteroatoms. The average molecular weight is 191 g/mol. The molecule has 0 radical (unpaired) electrons. The highest BCUT2D eigenvalue weighted by molar-refractivity contribution is 5.68. The van der Waals surface area contributed by atoms with Crippen molar-refractivity contribution in [3.05, 3.63) is 46.4 Å². The van der Waals surface area contributed by atoms with Gasteiger partial charge in [-0.2, -0.15) is 0 Å². The Hall–Kier alpha value is -2.17. The molecule has 0 bridgehead atoms. The predicted molar refractivity (Wildman–Crippen MR) is 46.2 cm³/mol. The quantitative estimate of drug-likeness (QED) is 0.539. The molecular formula is C9H7N2O3+. The molecule has 0 saturated carbocycles.